The summed E-state index contributed by atoms with van der Waals surface area (Å²) in [7, 11) is -3.06. The molecule has 0 N–H and O–H groups in total. The van der Waals surface area contributed by atoms with Crippen molar-refractivity contribution < 1.29 is 18.0 Å². The van der Waals surface area contributed by atoms with Crippen LogP contribution in [0.1, 0.15) is 31.9 Å². The first-order valence-corrected chi connectivity index (χ1v) is 10.9. The van der Waals surface area contributed by atoms with Gasteiger partial charge in [-0.2, -0.15) is 0 Å². The van der Waals surface area contributed by atoms with Gasteiger partial charge in [0.05, 0.1) is 29.7 Å². The third-order valence-electron chi connectivity index (χ3n) is 5.04. The number of sulfone groups is 1. The lowest BCUT2D eigenvalue weighted by Gasteiger charge is -2.30. The predicted molar refractivity (Wildman–Crippen MR) is 96.8 cm³/mol. The van der Waals surface area contributed by atoms with E-state index in [2.05, 4.69) is 4.98 Å². The molecule has 7 nitrogen and oxygen atoms in total. The Kier molecular flexibility index (Phi) is 5.60. The molecule has 0 bridgehead atoms. The van der Waals surface area contributed by atoms with Crippen LogP contribution in [0.15, 0.2) is 24.4 Å². The van der Waals surface area contributed by atoms with Crippen molar-refractivity contribution in [1.29, 1.82) is 0 Å². The average Bonchev–Trinajstić information content (AvgIpc) is 3.15. The van der Waals surface area contributed by atoms with Crippen molar-refractivity contribution in [2.75, 3.05) is 24.6 Å². The zero-order valence-corrected chi connectivity index (χ0v) is 15.8. The molecule has 1 aromatic rings. The van der Waals surface area contributed by atoms with Crippen LogP contribution in [-0.2, 0) is 26.0 Å². The predicted octanol–water partition coefficient (Wildman–Crippen LogP) is 0.856. The molecule has 2 atom stereocenters. The van der Waals surface area contributed by atoms with Crippen molar-refractivity contribution in [1.82, 2.24) is 14.8 Å². The summed E-state index contributed by atoms with van der Waals surface area (Å²) in [4.78, 5) is 32.9. The van der Waals surface area contributed by atoms with Crippen molar-refractivity contribution in [2.45, 2.75) is 38.8 Å². The number of nitrogens with zero attached hydrogens (tertiary/aromatic N) is 3. The highest BCUT2D eigenvalue weighted by Gasteiger charge is 2.40. The van der Waals surface area contributed by atoms with Crippen LogP contribution in [0.25, 0.3) is 0 Å². The summed E-state index contributed by atoms with van der Waals surface area (Å²) in [5, 5.41) is 0. The molecule has 2 aliphatic heterocycles. The van der Waals surface area contributed by atoms with Gasteiger partial charge in [0.15, 0.2) is 9.84 Å². The zero-order valence-electron chi connectivity index (χ0n) is 15.0. The van der Waals surface area contributed by atoms with E-state index in [1.165, 1.54) is 0 Å². The summed E-state index contributed by atoms with van der Waals surface area (Å²) < 4.78 is 23.6. The van der Waals surface area contributed by atoms with E-state index in [0.29, 0.717) is 26.1 Å². The summed E-state index contributed by atoms with van der Waals surface area (Å²) >= 11 is 0. The minimum Gasteiger partial charge on any atom is -0.338 e. The van der Waals surface area contributed by atoms with Gasteiger partial charge in [0.25, 0.3) is 0 Å². The largest absolute Gasteiger partial charge is 0.338 e. The Balaban J connectivity index is 1.67. The SMILES string of the molecule is CCCN(C(=O)C1CC(=O)N(Cc2ccccn2)C1)C1CCS(=O)(=O)C1. The van der Waals surface area contributed by atoms with E-state index < -0.39 is 15.8 Å². The Morgan fingerprint density at radius 3 is 2.81 bits per heavy atom. The Bertz CT molecular complexity index is 766. The molecule has 26 heavy (non-hydrogen) atoms. The number of rotatable bonds is 6. The third kappa shape index (κ3) is 4.23. The molecule has 2 fully saturated rings. The van der Waals surface area contributed by atoms with Gasteiger partial charge >= 0.3 is 0 Å². The third-order valence-corrected chi connectivity index (χ3v) is 6.79. The minimum atomic E-state index is -3.06. The van der Waals surface area contributed by atoms with Gasteiger partial charge in [-0.1, -0.05) is 13.0 Å². The molecule has 142 valence electrons. The van der Waals surface area contributed by atoms with Crippen molar-refractivity contribution >= 4 is 21.7 Å². The first-order chi connectivity index (χ1) is 12.4. The van der Waals surface area contributed by atoms with Crippen LogP contribution in [0.2, 0.25) is 0 Å². The average molecular weight is 379 g/mol. The standard InChI is InChI=1S/C18H25N3O4S/c1-2-8-21(16-6-9-26(24,25)13-16)18(23)14-10-17(22)20(11-14)12-15-5-3-4-7-19-15/h3-5,7,14,16H,2,6,8-13H2,1H3. The lowest BCUT2D eigenvalue weighted by molar-refractivity contribution is -0.137. The van der Waals surface area contributed by atoms with E-state index in [-0.39, 0.29) is 35.8 Å². The molecule has 1 aromatic heterocycles. The first-order valence-electron chi connectivity index (χ1n) is 9.08. The van der Waals surface area contributed by atoms with E-state index in [0.717, 1.165) is 12.1 Å². The first kappa shape index (κ1) is 18.8. The van der Waals surface area contributed by atoms with Crippen LogP contribution in [0, 0.1) is 5.92 Å². The molecule has 2 unspecified atom stereocenters. The van der Waals surface area contributed by atoms with E-state index >= 15 is 0 Å². The maximum Gasteiger partial charge on any atom is 0.228 e. The molecule has 3 heterocycles. The summed E-state index contributed by atoms with van der Waals surface area (Å²) in [6.45, 7) is 3.27. The second kappa shape index (κ2) is 7.73. The second-order valence-corrected chi connectivity index (χ2v) is 9.31. The van der Waals surface area contributed by atoms with Gasteiger partial charge in [-0.05, 0) is 25.0 Å². The Morgan fingerprint density at radius 2 is 2.19 bits per heavy atom. The lowest BCUT2D eigenvalue weighted by Crippen LogP contribution is -2.45. The highest BCUT2D eigenvalue weighted by Crippen LogP contribution is 2.26. The highest BCUT2D eigenvalue weighted by atomic mass is 32.2. The van der Waals surface area contributed by atoms with E-state index in [1.807, 2.05) is 25.1 Å². The Hall–Kier alpha value is -1.96. The molecular formula is C18H25N3O4S. The van der Waals surface area contributed by atoms with Crippen LogP contribution in [-0.4, -0.2) is 65.7 Å². The molecule has 3 rings (SSSR count). The number of amides is 2. The van der Waals surface area contributed by atoms with Crippen LogP contribution in [0.3, 0.4) is 0 Å². The van der Waals surface area contributed by atoms with E-state index in [9.17, 15) is 18.0 Å². The smallest absolute Gasteiger partial charge is 0.228 e. The molecule has 0 spiro atoms. The summed E-state index contributed by atoms with van der Waals surface area (Å²) in [5.74, 6) is -0.367. The van der Waals surface area contributed by atoms with Gasteiger partial charge < -0.3 is 9.80 Å². The molecule has 0 aliphatic carbocycles. The number of aromatic nitrogens is 1. The fourth-order valence-electron chi connectivity index (χ4n) is 3.75. The van der Waals surface area contributed by atoms with Crippen molar-refractivity contribution in [2.24, 2.45) is 5.92 Å². The number of hydrogen-bond donors (Lipinski definition) is 0. The molecule has 0 aromatic carbocycles. The molecule has 2 saturated heterocycles. The van der Waals surface area contributed by atoms with Crippen molar-refractivity contribution in [3.05, 3.63) is 30.1 Å². The van der Waals surface area contributed by atoms with Gasteiger partial charge in [0, 0.05) is 31.7 Å². The molecule has 0 radical (unpaired) electrons. The molecule has 0 saturated carbocycles. The summed E-state index contributed by atoms with van der Waals surface area (Å²) in [6, 6.07) is 5.29. The maximum absolute atomic E-state index is 13.0. The normalized spacial score (nSPS) is 24.8. The summed E-state index contributed by atoms with van der Waals surface area (Å²) in [6.07, 6.45) is 3.13. The minimum absolute atomic E-state index is 0.0387. The van der Waals surface area contributed by atoms with Crippen molar-refractivity contribution in [3.8, 4) is 0 Å². The van der Waals surface area contributed by atoms with Crippen LogP contribution in [0.5, 0.6) is 0 Å². The molecule has 8 heteroatoms. The van der Waals surface area contributed by atoms with Crippen LogP contribution in [0.4, 0.5) is 0 Å². The quantitative estimate of drug-likeness (QED) is 0.731. The highest BCUT2D eigenvalue weighted by molar-refractivity contribution is 7.91. The van der Waals surface area contributed by atoms with Gasteiger partial charge in [0.2, 0.25) is 11.8 Å². The Labute approximate surface area is 154 Å². The second-order valence-electron chi connectivity index (χ2n) is 7.08. The van der Waals surface area contributed by atoms with Crippen LogP contribution >= 0.6 is 0 Å². The van der Waals surface area contributed by atoms with E-state index in [4.69, 9.17) is 0 Å². The van der Waals surface area contributed by atoms with Gasteiger partial charge in [0.1, 0.15) is 0 Å². The van der Waals surface area contributed by atoms with E-state index in [1.54, 1.807) is 16.0 Å². The number of carbonyl (C=O) groups excluding carboxylic acids is 2. The van der Waals surface area contributed by atoms with Gasteiger partial charge in [-0.3, -0.25) is 14.6 Å². The molecular weight excluding hydrogens is 354 g/mol. The topological polar surface area (TPSA) is 87.7 Å². The number of pyridine rings is 1. The number of carbonyl (C=O) groups is 2. The van der Waals surface area contributed by atoms with Gasteiger partial charge in [-0.25, -0.2) is 8.42 Å². The fraction of sp³-hybridized carbons (Fsp3) is 0.611. The number of hydrogen-bond acceptors (Lipinski definition) is 5. The maximum atomic E-state index is 13.0. The van der Waals surface area contributed by atoms with Crippen LogP contribution < -0.4 is 0 Å². The lowest BCUT2D eigenvalue weighted by atomic mass is 10.0. The number of likely N-dealkylation sites (tertiary alicyclic amines) is 1. The Morgan fingerprint density at radius 1 is 1.38 bits per heavy atom. The van der Waals surface area contributed by atoms with Crippen molar-refractivity contribution in [3.63, 3.8) is 0 Å². The molecule has 2 amide bonds. The molecule has 2 aliphatic rings. The van der Waals surface area contributed by atoms with Gasteiger partial charge in [-0.15, -0.1) is 0 Å². The summed E-state index contributed by atoms with van der Waals surface area (Å²) in [5.41, 5.74) is 0.793. The zero-order chi connectivity index (χ0) is 18.7. The fourth-order valence-corrected chi connectivity index (χ4v) is 5.48. The monoisotopic (exact) mass is 379 g/mol.